The molecule has 3 heteroatoms. The lowest BCUT2D eigenvalue weighted by atomic mass is 10.3. The molecule has 0 aromatic carbocycles. The number of hydrogen-bond acceptors (Lipinski definition) is 2. The fourth-order valence-electron chi connectivity index (χ4n) is 0.803. The van der Waals surface area contributed by atoms with Gasteiger partial charge in [0.05, 0.1) is 18.0 Å². The van der Waals surface area contributed by atoms with Crippen LogP contribution in [0.1, 0.15) is 13.3 Å². The Balaban J connectivity index is 2.20. The number of hydrogen-bond donors (Lipinski definition) is 0. The Bertz CT molecular complexity index is 77.1. The molecule has 2 nitrogen and oxygen atoms in total. The maximum atomic E-state index is 5.39. The van der Waals surface area contributed by atoms with Gasteiger partial charge in [-0.1, -0.05) is 22.9 Å². The molecule has 1 heterocycles. The van der Waals surface area contributed by atoms with Crippen LogP contribution in [0.15, 0.2) is 0 Å². The van der Waals surface area contributed by atoms with Crippen molar-refractivity contribution in [2.75, 3.05) is 11.9 Å². The van der Waals surface area contributed by atoms with Crippen LogP contribution in [0.5, 0.6) is 0 Å². The molecule has 0 bridgehead atoms. The third kappa shape index (κ3) is 1.92. The first-order valence-electron chi connectivity index (χ1n) is 3.19. The van der Waals surface area contributed by atoms with Gasteiger partial charge in [-0.3, -0.25) is 0 Å². The van der Waals surface area contributed by atoms with Gasteiger partial charge in [-0.15, -0.1) is 0 Å². The van der Waals surface area contributed by atoms with Crippen molar-refractivity contribution in [3.8, 4) is 0 Å². The van der Waals surface area contributed by atoms with Gasteiger partial charge in [0.15, 0.2) is 6.29 Å². The van der Waals surface area contributed by atoms with Crippen molar-refractivity contribution in [1.82, 2.24) is 0 Å². The van der Waals surface area contributed by atoms with Crippen LogP contribution in [-0.2, 0) is 9.47 Å². The Morgan fingerprint density at radius 1 is 1.67 bits per heavy atom. The van der Waals surface area contributed by atoms with Gasteiger partial charge in [0.1, 0.15) is 0 Å². The Kier molecular flexibility index (Phi) is 2.95. The zero-order chi connectivity index (χ0) is 6.69. The van der Waals surface area contributed by atoms with Crippen molar-refractivity contribution in [3.63, 3.8) is 0 Å². The summed E-state index contributed by atoms with van der Waals surface area (Å²) in [6, 6.07) is 0. The zero-order valence-electron chi connectivity index (χ0n) is 5.47. The molecule has 9 heavy (non-hydrogen) atoms. The van der Waals surface area contributed by atoms with Crippen LogP contribution < -0.4 is 0 Å². The van der Waals surface area contributed by atoms with E-state index in [0.717, 1.165) is 18.4 Å². The Morgan fingerprint density at radius 3 is 2.78 bits per heavy atom. The number of rotatable bonds is 2. The van der Waals surface area contributed by atoms with Gasteiger partial charge in [-0.25, -0.2) is 0 Å². The van der Waals surface area contributed by atoms with Crippen LogP contribution in [0, 0.1) is 0 Å². The summed E-state index contributed by atoms with van der Waals surface area (Å²) in [5.41, 5.74) is 0. The molecule has 1 aliphatic rings. The molecule has 1 saturated heterocycles. The third-order valence-electron chi connectivity index (χ3n) is 1.39. The molecule has 0 saturated carbocycles. The second kappa shape index (κ2) is 3.54. The van der Waals surface area contributed by atoms with Crippen molar-refractivity contribution in [1.29, 1.82) is 0 Å². The molecule has 1 aliphatic heterocycles. The maximum Gasteiger partial charge on any atom is 0.167 e. The van der Waals surface area contributed by atoms with E-state index < -0.39 is 0 Å². The molecule has 0 aromatic rings. The van der Waals surface area contributed by atoms with Gasteiger partial charge in [-0.2, -0.15) is 0 Å². The van der Waals surface area contributed by atoms with Gasteiger partial charge >= 0.3 is 0 Å². The zero-order valence-corrected chi connectivity index (χ0v) is 7.06. The lowest BCUT2D eigenvalue weighted by molar-refractivity contribution is -0.0377. The molecule has 2 unspecified atom stereocenters. The minimum Gasteiger partial charge on any atom is -0.349 e. The van der Waals surface area contributed by atoms with Crippen LogP contribution in [-0.4, -0.2) is 24.3 Å². The second-order valence-corrected chi connectivity index (χ2v) is 2.73. The van der Waals surface area contributed by atoms with Crippen LogP contribution in [0.25, 0.3) is 0 Å². The quantitative estimate of drug-likeness (QED) is 0.622. The van der Waals surface area contributed by atoms with Crippen molar-refractivity contribution in [3.05, 3.63) is 0 Å². The van der Waals surface area contributed by atoms with Crippen LogP contribution >= 0.6 is 15.9 Å². The molecule has 0 aromatic heterocycles. The normalized spacial score (nSPS) is 35.3. The largest absolute Gasteiger partial charge is 0.349 e. The fraction of sp³-hybridized carbons (Fsp3) is 1.00. The summed E-state index contributed by atoms with van der Waals surface area (Å²) in [7, 11) is 0. The van der Waals surface area contributed by atoms with Crippen molar-refractivity contribution >= 4 is 15.9 Å². The third-order valence-corrected chi connectivity index (χ3v) is 1.92. The fourth-order valence-corrected chi connectivity index (χ4v) is 1.14. The molecule has 2 atom stereocenters. The highest BCUT2D eigenvalue weighted by atomic mass is 79.9. The molecule has 1 fully saturated rings. The molecule has 54 valence electrons. The average molecular weight is 195 g/mol. The van der Waals surface area contributed by atoms with E-state index in [-0.39, 0.29) is 6.29 Å². The average Bonchev–Trinajstić information content (AvgIpc) is 2.34. The first-order chi connectivity index (χ1) is 4.36. The van der Waals surface area contributed by atoms with E-state index in [4.69, 9.17) is 9.47 Å². The van der Waals surface area contributed by atoms with E-state index in [2.05, 4.69) is 22.9 Å². The highest BCUT2D eigenvalue weighted by Crippen LogP contribution is 2.14. The summed E-state index contributed by atoms with van der Waals surface area (Å²) in [5, 5.41) is 0.781. The highest BCUT2D eigenvalue weighted by molar-refractivity contribution is 9.09. The Morgan fingerprint density at radius 2 is 2.44 bits per heavy atom. The highest BCUT2D eigenvalue weighted by Gasteiger charge is 2.22. The molecule has 0 aliphatic carbocycles. The second-order valence-electron chi connectivity index (χ2n) is 2.08. The summed E-state index contributed by atoms with van der Waals surface area (Å²) in [4.78, 5) is 0. The topological polar surface area (TPSA) is 18.5 Å². The standard InChI is InChI=1S/C6H11BrO2/c1-2-5-4-8-6(3-7)9-5/h5-6H,2-4H2,1H3. The SMILES string of the molecule is CCC1COC(CBr)O1. The first kappa shape index (κ1) is 7.51. The summed E-state index contributed by atoms with van der Waals surface area (Å²) in [5.74, 6) is 0. The van der Waals surface area contributed by atoms with Crippen LogP contribution in [0.3, 0.4) is 0 Å². The predicted molar refractivity (Wildman–Crippen MR) is 38.7 cm³/mol. The maximum absolute atomic E-state index is 5.39. The van der Waals surface area contributed by atoms with Gasteiger partial charge in [0.25, 0.3) is 0 Å². The van der Waals surface area contributed by atoms with Gasteiger partial charge in [0, 0.05) is 0 Å². The van der Waals surface area contributed by atoms with Crippen molar-refractivity contribution in [2.24, 2.45) is 0 Å². The summed E-state index contributed by atoms with van der Waals surface area (Å²) in [6.07, 6.45) is 1.37. The molecular weight excluding hydrogens is 184 g/mol. The summed E-state index contributed by atoms with van der Waals surface area (Å²) >= 11 is 3.28. The van der Waals surface area contributed by atoms with Crippen LogP contribution in [0.2, 0.25) is 0 Å². The van der Waals surface area contributed by atoms with E-state index in [1.807, 2.05) is 0 Å². The summed E-state index contributed by atoms with van der Waals surface area (Å²) in [6.45, 7) is 2.86. The van der Waals surface area contributed by atoms with E-state index in [1.54, 1.807) is 0 Å². The minimum atomic E-state index is -0.00468. The summed E-state index contributed by atoms with van der Waals surface area (Å²) < 4.78 is 10.6. The predicted octanol–water partition coefficient (Wildman–Crippen LogP) is 1.53. The number of halogens is 1. The molecule has 0 radical (unpaired) electrons. The van der Waals surface area contributed by atoms with Crippen molar-refractivity contribution < 1.29 is 9.47 Å². The van der Waals surface area contributed by atoms with E-state index in [0.29, 0.717) is 6.10 Å². The lowest BCUT2D eigenvalue weighted by Gasteiger charge is -2.05. The number of alkyl halides is 1. The Hall–Kier alpha value is 0.400. The molecule has 0 N–H and O–H groups in total. The van der Waals surface area contributed by atoms with Gasteiger partial charge in [-0.05, 0) is 6.42 Å². The van der Waals surface area contributed by atoms with E-state index in [9.17, 15) is 0 Å². The molecule has 0 amide bonds. The van der Waals surface area contributed by atoms with Crippen LogP contribution in [0.4, 0.5) is 0 Å². The van der Waals surface area contributed by atoms with Crippen molar-refractivity contribution in [2.45, 2.75) is 25.7 Å². The minimum absolute atomic E-state index is 0.00468. The first-order valence-corrected chi connectivity index (χ1v) is 4.32. The van der Waals surface area contributed by atoms with E-state index >= 15 is 0 Å². The molecular formula is C6H11BrO2. The number of ether oxygens (including phenoxy) is 2. The lowest BCUT2D eigenvalue weighted by Crippen LogP contribution is -2.11. The van der Waals surface area contributed by atoms with Gasteiger partial charge in [0.2, 0.25) is 0 Å². The Labute approximate surface area is 63.7 Å². The monoisotopic (exact) mass is 194 g/mol. The van der Waals surface area contributed by atoms with Gasteiger partial charge < -0.3 is 9.47 Å². The molecule has 0 spiro atoms. The smallest absolute Gasteiger partial charge is 0.167 e. The van der Waals surface area contributed by atoms with E-state index in [1.165, 1.54) is 0 Å². The molecule has 1 rings (SSSR count).